The molecule has 1 aliphatic heterocycles. The third-order valence-electron chi connectivity index (χ3n) is 5.22. The van der Waals surface area contributed by atoms with Gasteiger partial charge in [-0.15, -0.1) is 0 Å². The second kappa shape index (κ2) is 9.04. The minimum atomic E-state index is -0.576. The molecule has 1 aromatic heterocycles. The maximum Gasteiger partial charge on any atom is 0.276 e. The molecule has 3 aromatic rings. The zero-order chi connectivity index (χ0) is 22.8. The van der Waals surface area contributed by atoms with E-state index in [0.717, 1.165) is 23.3 Å². The number of halogens is 1. The van der Waals surface area contributed by atoms with E-state index in [-0.39, 0.29) is 18.3 Å². The largest absolute Gasteiger partial charge is 0.494 e. The van der Waals surface area contributed by atoms with E-state index < -0.39 is 11.3 Å². The van der Waals surface area contributed by atoms with Crippen molar-refractivity contribution in [2.75, 3.05) is 6.61 Å². The van der Waals surface area contributed by atoms with Crippen LogP contribution in [-0.4, -0.2) is 28.4 Å². The number of nitrogens with one attached hydrogen (secondary N) is 1. The minimum absolute atomic E-state index is 0.101. The van der Waals surface area contributed by atoms with Crippen LogP contribution in [0.15, 0.2) is 47.3 Å². The summed E-state index contributed by atoms with van der Waals surface area (Å²) in [4.78, 5) is 25.4. The second-order valence-electron chi connectivity index (χ2n) is 7.68. The predicted octanol–water partition coefficient (Wildman–Crippen LogP) is 3.85. The molecule has 1 unspecified atom stereocenters. The number of benzene rings is 2. The van der Waals surface area contributed by atoms with Gasteiger partial charge < -0.3 is 14.8 Å². The molecule has 7 nitrogen and oxygen atoms in total. The number of hydrogen-bond donors (Lipinski definition) is 1. The summed E-state index contributed by atoms with van der Waals surface area (Å²) in [6.07, 6.45) is 0.918. The lowest BCUT2D eigenvalue weighted by atomic mass is 10.1. The number of hydrogen-bond acceptors (Lipinski definition) is 5. The van der Waals surface area contributed by atoms with Crippen LogP contribution in [-0.2, 0) is 13.0 Å². The molecule has 1 N–H and O–H groups in total. The summed E-state index contributed by atoms with van der Waals surface area (Å²) in [5, 5.41) is 7.54. The molecule has 1 amide bonds. The van der Waals surface area contributed by atoms with Gasteiger partial charge >= 0.3 is 0 Å². The average molecular weight is 454 g/mol. The highest BCUT2D eigenvalue weighted by atomic mass is 35.5. The molecular formula is C24H24ClN3O4. The first-order valence-electron chi connectivity index (χ1n) is 10.5. The van der Waals surface area contributed by atoms with Crippen LogP contribution in [0.2, 0.25) is 5.02 Å². The van der Waals surface area contributed by atoms with E-state index in [2.05, 4.69) is 10.4 Å². The highest BCUT2D eigenvalue weighted by molar-refractivity contribution is 6.32. The number of ether oxygens (including phenoxy) is 2. The molecule has 166 valence electrons. The maximum absolute atomic E-state index is 12.9. The molecule has 32 heavy (non-hydrogen) atoms. The molecule has 2 aromatic carbocycles. The molecule has 0 saturated heterocycles. The molecule has 0 spiro atoms. The predicted molar refractivity (Wildman–Crippen MR) is 122 cm³/mol. The zero-order valence-electron chi connectivity index (χ0n) is 18.1. The summed E-state index contributed by atoms with van der Waals surface area (Å²) in [6, 6.07) is 12.3. The number of carbonyl (C=O) groups is 1. The molecule has 0 bridgehead atoms. The van der Waals surface area contributed by atoms with Crippen LogP contribution in [0.3, 0.4) is 0 Å². The molecule has 8 heteroatoms. The quantitative estimate of drug-likeness (QED) is 0.613. The van der Waals surface area contributed by atoms with Crippen LogP contribution in [0.4, 0.5) is 0 Å². The molecule has 4 rings (SSSR count). The number of fused-ring (bicyclic) bond motifs is 1. The van der Waals surface area contributed by atoms with Gasteiger partial charge in [0, 0.05) is 35.9 Å². The van der Waals surface area contributed by atoms with E-state index in [1.807, 2.05) is 32.0 Å². The summed E-state index contributed by atoms with van der Waals surface area (Å²) in [6.45, 7) is 6.31. The summed E-state index contributed by atoms with van der Waals surface area (Å²) in [7, 11) is 0. The molecule has 2 heterocycles. The lowest BCUT2D eigenvalue weighted by Crippen LogP contribution is -2.31. The van der Waals surface area contributed by atoms with Crippen molar-refractivity contribution < 1.29 is 14.3 Å². The van der Waals surface area contributed by atoms with Crippen molar-refractivity contribution in [3.63, 3.8) is 0 Å². The van der Waals surface area contributed by atoms with E-state index in [1.165, 1.54) is 10.7 Å². The van der Waals surface area contributed by atoms with Crippen LogP contribution in [0.25, 0.3) is 5.69 Å². The first-order valence-corrected chi connectivity index (χ1v) is 10.8. The number of nitrogens with zero attached hydrogens (tertiary/aromatic N) is 2. The highest BCUT2D eigenvalue weighted by Gasteiger charge is 2.23. The summed E-state index contributed by atoms with van der Waals surface area (Å²) < 4.78 is 13.1. The van der Waals surface area contributed by atoms with E-state index in [4.69, 9.17) is 21.1 Å². The number of aryl methyl sites for hydroxylation is 1. The Labute approximate surface area is 190 Å². The average Bonchev–Trinajstić information content (AvgIpc) is 3.11. The van der Waals surface area contributed by atoms with Crippen LogP contribution in [0.1, 0.15) is 41.2 Å². The number of amides is 1. The zero-order valence-corrected chi connectivity index (χ0v) is 18.9. The molecule has 0 aliphatic carbocycles. The summed E-state index contributed by atoms with van der Waals surface area (Å²) in [5.41, 5.74) is 2.34. The van der Waals surface area contributed by atoms with Gasteiger partial charge in [-0.2, -0.15) is 5.10 Å². The van der Waals surface area contributed by atoms with Crippen LogP contribution >= 0.6 is 11.6 Å². The van der Waals surface area contributed by atoms with Gasteiger partial charge in [0.2, 0.25) is 5.43 Å². The molecule has 0 radical (unpaired) electrons. The fourth-order valence-electron chi connectivity index (χ4n) is 3.74. The Kier molecular flexibility index (Phi) is 6.19. The minimum Gasteiger partial charge on any atom is -0.494 e. The highest BCUT2D eigenvalue weighted by Crippen LogP contribution is 2.35. The third-order valence-corrected chi connectivity index (χ3v) is 5.54. The van der Waals surface area contributed by atoms with Crippen LogP contribution in [0.5, 0.6) is 11.5 Å². The Morgan fingerprint density at radius 2 is 2.09 bits per heavy atom. The van der Waals surface area contributed by atoms with E-state index >= 15 is 0 Å². The fourth-order valence-corrected chi connectivity index (χ4v) is 3.96. The first kappa shape index (κ1) is 21.9. The Hall–Kier alpha value is -3.32. The van der Waals surface area contributed by atoms with Crippen molar-refractivity contribution in [3.05, 3.63) is 80.2 Å². The third kappa shape index (κ3) is 4.34. The van der Waals surface area contributed by atoms with Gasteiger partial charge in [0.05, 0.1) is 17.3 Å². The van der Waals surface area contributed by atoms with Crippen LogP contribution < -0.4 is 20.2 Å². The Morgan fingerprint density at radius 1 is 1.31 bits per heavy atom. The maximum atomic E-state index is 12.9. The van der Waals surface area contributed by atoms with Crippen molar-refractivity contribution in [3.8, 4) is 17.2 Å². The van der Waals surface area contributed by atoms with Gasteiger partial charge in [0.15, 0.2) is 5.69 Å². The lowest BCUT2D eigenvalue weighted by molar-refractivity contribution is 0.0942. The van der Waals surface area contributed by atoms with Crippen molar-refractivity contribution >= 4 is 17.5 Å². The van der Waals surface area contributed by atoms with E-state index in [1.54, 1.807) is 25.1 Å². The van der Waals surface area contributed by atoms with Crippen molar-refractivity contribution in [1.29, 1.82) is 0 Å². The second-order valence-corrected chi connectivity index (χ2v) is 8.08. The molecule has 0 fully saturated rings. The number of aromatic nitrogens is 2. The smallest absolute Gasteiger partial charge is 0.276 e. The molecule has 1 atom stereocenters. The van der Waals surface area contributed by atoms with Crippen molar-refractivity contribution in [2.24, 2.45) is 0 Å². The standard InChI is InChI=1S/C24H24ClN3O4/c1-4-31-21-11-16-10-15(3)32-22(16)12-17(21)13-26-24(30)23-20(29)9-14(2)28(27-23)19-8-6-5-7-18(19)25/h5-9,11-12,15H,4,10,13H2,1-3H3,(H,26,30). The summed E-state index contributed by atoms with van der Waals surface area (Å²) in [5.74, 6) is 0.905. The van der Waals surface area contributed by atoms with E-state index in [0.29, 0.717) is 28.8 Å². The van der Waals surface area contributed by atoms with Crippen LogP contribution in [0, 0.1) is 6.92 Å². The molecule has 1 aliphatic rings. The monoisotopic (exact) mass is 453 g/mol. The lowest BCUT2D eigenvalue weighted by Gasteiger charge is -2.14. The van der Waals surface area contributed by atoms with Gasteiger partial charge in [-0.25, -0.2) is 4.68 Å². The normalized spacial score (nSPS) is 14.6. The topological polar surface area (TPSA) is 82.5 Å². The molecular weight excluding hydrogens is 430 g/mol. The van der Waals surface area contributed by atoms with Gasteiger partial charge in [-0.05, 0) is 45.0 Å². The Morgan fingerprint density at radius 3 is 2.84 bits per heavy atom. The van der Waals surface area contributed by atoms with Crippen molar-refractivity contribution in [2.45, 2.75) is 39.8 Å². The van der Waals surface area contributed by atoms with Gasteiger partial charge in [0.1, 0.15) is 17.6 Å². The molecule has 0 saturated carbocycles. The summed E-state index contributed by atoms with van der Waals surface area (Å²) >= 11 is 6.28. The number of carbonyl (C=O) groups excluding carboxylic acids is 1. The first-order chi connectivity index (χ1) is 15.4. The van der Waals surface area contributed by atoms with Gasteiger partial charge in [-0.3, -0.25) is 9.59 Å². The fraction of sp³-hybridized carbons (Fsp3) is 0.292. The van der Waals surface area contributed by atoms with E-state index in [9.17, 15) is 9.59 Å². The number of para-hydroxylation sites is 1. The SMILES string of the molecule is CCOc1cc2c(cc1CNC(=O)c1nn(-c3ccccc3Cl)c(C)cc1=O)OC(C)C2. The van der Waals surface area contributed by atoms with Gasteiger partial charge in [0.25, 0.3) is 5.91 Å². The van der Waals surface area contributed by atoms with Gasteiger partial charge in [-0.1, -0.05) is 23.7 Å². The Bertz CT molecular complexity index is 1240. The number of rotatable bonds is 6. The van der Waals surface area contributed by atoms with Crippen molar-refractivity contribution in [1.82, 2.24) is 15.1 Å². The Balaban J connectivity index is 1.60.